The largest absolute Gasteiger partial charge is 0.352 e. The van der Waals surface area contributed by atoms with Crippen molar-refractivity contribution in [2.24, 2.45) is 0 Å². The van der Waals surface area contributed by atoms with Crippen LogP contribution >= 0.6 is 27.5 Å². The number of aryl methyl sites for hydroxylation is 2. The monoisotopic (exact) mass is 432 g/mol. The van der Waals surface area contributed by atoms with Gasteiger partial charge in [-0.3, -0.25) is 9.59 Å². The number of hydrogen-bond acceptors (Lipinski definition) is 2. The van der Waals surface area contributed by atoms with Crippen LogP contribution in [-0.4, -0.2) is 17.4 Å². The molecule has 1 aromatic heterocycles. The van der Waals surface area contributed by atoms with E-state index in [1.807, 2.05) is 32.0 Å². The Labute approximate surface area is 164 Å². The highest BCUT2D eigenvalue weighted by Gasteiger charge is 2.11. The van der Waals surface area contributed by atoms with Crippen LogP contribution in [0.15, 0.2) is 45.7 Å². The number of H-pyrrole nitrogens is 1. The Morgan fingerprint density at radius 1 is 1.19 bits per heavy atom. The predicted octanol–water partition coefficient (Wildman–Crippen LogP) is 4.53. The molecule has 4 nitrogen and oxygen atoms in total. The Bertz CT molecular complexity index is 1060. The first-order chi connectivity index (χ1) is 12.4. The lowest BCUT2D eigenvalue weighted by atomic mass is 10.0. The van der Waals surface area contributed by atoms with Gasteiger partial charge in [0.05, 0.1) is 16.1 Å². The summed E-state index contributed by atoms with van der Waals surface area (Å²) in [4.78, 5) is 27.6. The highest BCUT2D eigenvalue weighted by Crippen LogP contribution is 2.21. The van der Waals surface area contributed by atoms with Crippen LogP contribution in [0.4, 0.5) is 0 Å². The highest BCUT2D eigenvalue weighted by atomic mass is 79.9. The molecule has 2 aromatic carbocycles. The molecule has 26 heavy (non-hydrogen) atoms. The van der Waals surface area contributed by atoms with E-state index in [1.165, 1.54) is 0 Å². The van der Waals surface area contributed by atoms with Gasteiger partial charge in [0.25, 0.3) is 11.5 Å². The fourth-order valence-corrected chi connectivity index (χ4v) is 3.40. The normalized spacial score (nSPS) is 10.9. The molecule has 0 radical (unpaired) electrons. The number of fused-ring (bicyclic) bond motifs is 1. The molecular formula is C20H18BrClN2O2. The zero-order valence-corrected chi connectivity index (χ0v) is 16.8. The number of halogens is 2. The van der Waals surface area contributed by atoms with Gasteiger partial charge in [-0.1, -0.05) is 39.7 Å². The standard InChI is InChI=1S/C20H18BrClN2O2/c1-11-3-4-13-9-14(19(25)24-18(13)12(11)2)7-8-23-20(26)16-10-15(21)5-6-17(16)22/h3-6,9-10H,7-8H2,1-2H3,(H,23,26)(H,24,25). The molecule has 134 valence electrons. The number of carbonyl (C=O) groups is 1. The third-order valence-electron chi connectivity index (χ3n) is 4.48. The lowest BCUT2D eigenvalue weighted by molar-refractivity contribution is 0.0954. The maximum Gasteiger partial charge on any atom is 0.252 e. The van der Waals surface area contributed by atoms with Crippen molar-refractivity contribution in [1.82, 2.24) is 10.3 Å². The zero-order chi connectivity index (χ0) is 18.8. The fourth-order valence-electron chi connectivity index (χ4n) is 2.83. The average molecular weight is 434 g/mol. The van der Waals surface area contributed by atoms with Crippen LogP contribution in [-0.2, 0) is 6.42 Å². The average Bonchev–Trinajstić information content (AvgIpc) is 2.61. The van der Waals surface area contributed by atoms with E-state index in [4.69, 9.17) is 11.6 Å². The first-order valence-corrected chi connectivity index (χ1v) is 9.39. The van der Waals surface area contributed by atoms with Gasteiger partial charge in [0, 0.05) is 16.6 Å². The van der Waals surface area contributed by atoms with E-state index in [9.17, 15) is 9.59 Å². The van der Waals surface area contributed by atoms with E-state index in [2.05, 4.69) is 26.2 Å². The molecule has 6 heteroatoms. The van der Waals surface area contributed by atoms with Crippen molar-refractivity contribution in [3.8, 4) is 0 Å². The molecule has 0 atom stereocenters. The molecule has 0 saturated heterocycles. The van der Waals surface area contributed by atoms with Gasteiger partial charge in [-0.2, -0.15) is 0 Å². The Balaban J connectivity index is 1.75. The second-order valence-electron chi connectivity index (χ2n) is 6.23. The number of nitrogens with one attached hydrogen (secondary N) is 2. The van der Waals surface area contributed by atoms with Crippen molar-refractivity contribution < 1.29 is 4.79 Å². The van der Waals surface area contributed by atoms with Crippen molar-refractivity contribution >= 4 is 44.3 Å². The number of aromatic amines is 1. The van der Waals surface area contributed by atoms with Gasteiger partial charge in [-0.25, -0.2) is 0 Å². The van der Waals surface area contributed by atoms with Crippen LogP contribution in [0.1, 0.15) is 27.0 Å². The molecule has 3 rings (SSSR count). The van der Waals surface area contributed by atoms with Gasteiger partial charge in [0.1, 0.15) is 0 Å². The summed E-state index contributed by atoms with van der Waals surface area (Å²) in [6.07, 6.45) is 0.440. The number of pyridine rings is 1. The van der Waals surface area contributed by atoms with Crippen molar-refractivity contribution in [2.45, 2.75) is 20.3 Å². The van der Waals surface area contributed by atoms with Crippen LogP contribution in [0.25, 0.3) is 10.9 Å². The van der Waals surface area contributed by atoms with E-state index in [0.717, 1.165) is 26.5 Å². The molecule has 3 aromatic rings. The topological polar surface area (TPSA) is 62.0 Å². The minimum atomic E-state index is -0.264. The summed E-state index contributed by atoms with van der Waals surface area (Å²) in [5.41, 5.74) is 3.99. The molecule has 0 saturated carbocycles. The van der Waals surface area contributed by atoms with Crippen LogP contribution in [0.3, 0.4) is 0 Å². The summed E-state index contributed by atoms with van der Waals surface area (Å²) < 4.78 is 0.781. The Hall–Kier alpha value is -2.11. The summed E-state index contributed by atoms with van der Waals surface area (Å²) in [6, 6.07) is 11.0. The maximum atomic E-state index is 12.3. The lowest BCUT2D eigenvalue weighted by Gasteiger charge is -2.09. The molecule has 0 bridgehead atoms. The number of aromatic nitrogens is 1. The summed E-state index contributed by atoms with van der Waals surface area (Å²) in [5, 5.41) is 4.19. The number of hydrogen-bond donors (Lipinski definition) is 2. The van der Waals surface area contributed by atoms with Crippen LogP contribution in [0, 0.1) is 13.8 Å². The van der Waals surface area contributed by atoms with Crippen molar-refractivity contribution in [3.63, 3.8) is 0 Å². The molecule has 0 aliphatic rings. The van der Waals surface area contributed by atoms with E-state index < -0.39 is 0 Å². The number of benzene rings is 2. The first-order valence-electron chi connectivity index (χ1n) is 8.22. The van der Waals surface area contributed by atoms with Gasteiger partial charge in [-0.05, 0) is 61.0 Å². The Morgan fingerprint density at radius 3 is 2.73 bits per heavy atom. The predicted molar refractivity (Wildman–Crippen MR) is 109 cm³/mol. The van der Waals surface area contributed by atoms with Crippen LogP contribution in [0.2, 0.25) is 5.02 Å². The molecule has 0 spiro atoms. The van der Waals surface area contributed by atoms with Crippen LogP contribution < -0.4 is 10.9 Å². The molecule has 0 aliphatic heterocycles. The molecule has 2 N–H and O–H groups in total. The summed E-state index contributed by atoms with van der Waals surface area (Å²) in [7, 11) is 0. The maximum absolute atomic E-state index is 12.3. The fraction of sp³-hybridized carbons (Fsp3) is 0.200. The quantitative estimate of drug-likeness (QED) is 0.635. The number of amides is 1. The van der Waals surface area contributed by atoms with Crippen molar-refractivity contribution in [1.29, 1.82) is 0 Å². The minimum Gasteiger partial charge on any atom is -0.352 e. The second kappa shape index (κ2) is 7.64. The van der Waals surface area contributed by atoms with Gasteiger partial charge in [0.15, 0.2) is 0 Å². The zero-order valence-electron chi connectivity index (χ0n) is 14.5. The summed E-state index contributed by atoms with van der Waals surface area (Å²) >= 11 is 9.40. The molecule has 1 heterocycles. The summed E-state index contributed by atoms with van der Waals surface area (Å²) in [6.45, 7) is 4.36. The molecule has 0 aliphatic carbocycles. The number of carbonyl (C=O) groups excluding carboxylic acids is 1. The van der Waals surface area contributed by atoms with E-state index in [1.54, 1.807) is 18.2 Å². The second-order valence-corrected chi connectivity index (χ2v) is 7.55. The number of rotatable bonds is 4. The van der Waals surface area contributed by atoms with Crippen LogP contribution in [0.5, 0.6) is 0 Å². The lowest BCUT2D eigenvalue weighted by Crippen LogP contribution is -2.27. The minimum absolute atomic E-state index is 0.124. The van der Waals surface area contributed by atoms with Gasteiger partial charge in [-0.15, -0.1) is 0 Å². The summed E-state index contributed by atoms with van der Waals surface area (Å²) in [5.74, 6) is -0.264. The first kappa shape index (κ1) is 18.7. The molecule has 1 amide bonds. The molecular weight excluding hydrogens is 416 g/mol. The van der Waals surface area contributed by atoms with Gasteiger partial charge < -0.3 is 10.3 Å². The third-order valence-corrected chi connectivity index (χ3v) is 5.30. The smallest absolute Gasteiger partial charge is 0.252 e. The van der Waals surface area contributed by atoms with Gasteiger partial charge in [0.2, 0.25) is 0 Å². The van der Waals surface area contributed by atoms with E-state index in [0.29, 0.717) is 29.1 Å². The van der Waals surface area contributed by atoms with Crippen molar-refractivity contribution in [2.75, 3.05) is 6.54 Å². The van der Waals surface area contributed by atoms with Crippen molar-refractivity contribution in [3.05, 3.63) is 78.5 Å². The van der Waals surface area contributed by atoms with E-state index >= 15 is 0 Å². The Morgan fingerprint density at radius 2 is 1.96 bits per heavy atom. The van der Waals surface area contributed by atoms with E-state index in [-0.39, 0.29) is 11.5 Å². The third kappa shape index (κ3) is 3.84. The SMILES string of the molecule is Cc1ccc2cc(CCNC(=O)c3cc(Br)ccc3Cl)c(=O)[nH]c2c1C. The Kier molecular flexibility index (Phi) is 5.49. The molecule has 0 unspecified atom stereocenters. The van der Waals surface area contributed by atoms with Gasteiger partial charge >= 0.3 is 0 Å². The highest BCUT2D eigenvalue weighted by molar-refractivity contribution is 9.10. The molecule has 0 fully saturated rings.